The molecule has 1 aromatic carbocycles. The van der Waals surface area contributed by atoms with Gasteiger partial charge in [0.15, 0.2) is 0 Å². The molecule has 7 heteroatoms. The van der Waals surface area contributed by atoms with Crippen LogP contribution in [0.15, 0.2) is 44.5 Å². The average Bonchev–Trinajstić information content (AvgIpc) is 2.88. The first-order valence-corrected chi connectivity index (χ1v) is 6.92. The number of fused-ring (bicyclic) bond motifs is 1. The Morgan fingerprint density at radius 3 is 2.95 bits per heavy atom. The summed E-state index contributed by atoms with van der Waals surface area (Å²) in [5.41, 5.74) is 1.85. The van der Waals surface area contributed by atoms with Gasteiger partial charge in [-0.05, 0) is 0 Å². The second kappa shape index (κ2) is 4.87. The van der Waals surface area contributed by atoms with E-state index in [1.807, 2.05) is 6.07 Å². The van der Waals surface area contributed by atoms with Crippen molar-refractivity contribution in [3.8, 4) is 0 Å². The standard InChI is InChI=1S/C12H7FN4OSe/c13-11-7(3-2-6-14-11)12(18)15-8-4-1-5-9-10(8)17-19-16-9/h1-6H,(H,15,18). The number of rotatable bonds is 2. The van der Waals surface area contributed by atoms with Crippen molar-refractivity contribution in [1.82, 2.24) is 4.98 Å². The molecular formula is C12H7FN4OSe. The van der Waals surface area contributed by atoms with E-state index in [1.165, 1.54) is 18.3 Å². The average molecular weight is 321 g/mol. The van der Waals surface area contributed by atoms with E-state index in [1.54, 1.807) is 12.1 Å². The Balaban J connectivity index is 1.91. The van der Waals surface area contributed by atoms with Gasteiger partial charge in [0.05, 0.1) is 0 Å². The Kier molecular flexibility index (Phi) is 3.06. The van der Waals surface area contributed by atoms with Gasteiger partial charge in [0, 0.05) is 0 Å². The van der Waals surface area contributed by atoms with Crippen molar-refractivity contribution in [3.63, 3.8) is 0 Å². The molecule has 0 atom stereocenters. The van der Waals surface area contributed by atoms with Crippen molar-refractivity contribution < 1.29 is 9.18 Å². The van der Waals surface area contributed by atoms with Gasteiger partial charge in [-0.25, -0.2) is 0 Å². The molecule has 0 bridgehead atoms. The summed E-state index contributed by atoms with van der Waals surface area (Å²) in [5.74, 6) is -1.34. The van der Waals surface area contributed by atoms with Crippen LogP contribution < -0.4 is 5.32 Å². The van der Waals surface area contributed by atoms with Crippen LogP contribution in [0.5, 0.6) is 0 Å². The number of hydrogen-bond donors (Lipinski definition) is 1. The molecule has 1 aliphatic heterocycles. The molecule has 2 aromatic rings. The molecule has 0 radical (unpaired) electrons. The van der Waals surface area contributed by atoms with E-state index in [0.29, 0.717) is 11.4 Å². The zero-order valence-electron chi connectivity index (χ0n) is 9.50. The number of halogens is 1. The Hall–Kier alpha value is -2.11. The molecule has 0 saturated carbocycles. The van der Waals surface area contributed by atoms with Crippen molar-refractivity contribution in [2.45, 2.75) is 0 Å². The van der Waals surface area contributed by atoms with Gasteiger partial charge < -0.3 is 0 Å². The Morgan fingerprint density at radius 2 is 2.11 bits per heavy atom. The SMILES string of the molecule is O=C(Nc1cccc2c1N=[Se]=N2)c1cccnc1F. The maximum atomic E-state index is 13.4. The summed E-state index contributed by atoms with van der Waals surface area (Å²) in [6.45, 7) is 0. The van der Waals surface area contributed by atoms with Gasteiger partial charge in [0.2, 0.25) is 0 Å². The fourth-order valence-electron chi connectivity index (χ4n) is 1.65. The van der Waals surface area contributed by atoms with Crippen LogP contribution in [0.3, 0.4) is 0 Å². The zero-order chi connectivity index (χ0) is 13.2. The van der Waals surface area contributed by atoms with Gasteiger partial charge >= 0.3 is 113 Å². The normalized spacial score (nSPS) is 11.8. The quantitative estimate of drug-likeness (QED) is 0.582. The second-order valence-electron chi connectivity index (χ2n) is 3.73. The predicted octanol–water partition coefficient (Wildman–Crippen LogP) is 2.82. The summed E-state index contributed by atoms with van der Waals surface area (Å²) in [5, 5.41) is 2.64. The van der Waals surface area contributed by atoms with Crippen LogP contribution in [-0.4, -0.2) is 25.5 Å². The minimum atomic E-state index is -0.793. The summed E-state index contributed by atoms with van der Waals surface area (Å²) >= 11 is -0.178. The Morgan fingerprint density at radius 1 is 1.21 bits per heavy atom. The van der Waals surface area contributed by atoms with E-state index < -0.39 is 11.9 Å². The number of nitrogens with zero attached hydrogens (tertiary/aromatic N) is 3. The third-order valence-corrected chi connectivity index (χ3v) is 3.68. The molecule has 1 amide bonds. The van der Waals surface area contributed by atoms with E-state index in [9.17, 15) is 9.18 Å². The molecule has 1 aliphatic rings. The van der Waals surface area contributed by atoms with Crippen LogP contribution in [-0.2, 0) is 0 Å². The summed E-state index contributed by atoms with van der Waals surface area (Å²) in [7, 11) is 0. The summed E-state index contributed by atoms with van der Waals surface area (Å²) < 4.78 is 21.9. The monoisotopic (exact) mass is 322 g/mol. The Labute approximate surface area is 113 Å². The van der Waals surface area contributed by atoms with Crippen LogP contribution >= 0.6 is 0 Å². The number of pyridine rings is 1. The van der Waals surface area contributed by atoms with E-state index >= 15 is 0 Å². The molecule has 2 heterocycles. The molecule has 19 heavy (non-hydrogen) atoms. The van der Waals surface area contributed by atoms with Crippen LogP contribution in [0, 0.1) is 5.95 Å². The first-order valence-electron chi connectivity index (χ1n) is 5.39. The summed E-state index contributed by atoms with van der Waals surface area (Å²) in [4.78, 5) is 15.4. The maximum absolute atomic E-state index is 13.4. The molecule has 0 spiro atoms. The van der Waals surface area contributed by atoms with E-state index in [2.05, 4.69) is 18.2 Å². The number of anilines is 1. The number of carbonyl (C=O) groups is 1. The van der Waals surface area contributed by atoms with Crippen molar-refractivity contribution in [2.75, 3.05) is 5.32 Å². The van der Waals surface area contributed by atoms with E-state index in [-0.39, 0.29) is 20.1 Å². The number of nitrogens with one attached hydrogen (secondary N) is 1. The molecule has 0 aliphatic carbocycles. The van der Waals surface area contributed by atoms with Gasteiger partial charge in [-0.1, -0.05) is 0 Å². The molecule has 5 nitrogen and oxygen atoms in total. The first kappa shape index (κ1) is 12.0. The molecule has 0 saturated heterocycles. The van der Waals surface area contributed by atoms with Gasteiger partial charge in [-0.2, -0.15) is 0 Å². The number of benzene rings is 1. The molecular weight excluding hydrogens is 314 g/mol. The zero-order valence-corrected chi connectivity index (χ0v) is 11.2. The fraction of sp³-hybridized carbons (Fsp3) is 0. The van der Waals surface area contributed by atoms with Crippen molar-refractivity contribution >= 4 is 37.5 Å². The van der Waals surface area contributed by atoms with Gasteiger partial charge in [0.1, 0.15) is 0 Å². The predicted molar refractivity (Wildman–Crippen MR) is 68.5 cm³/mol. The fourth-order valence-corrected chi connectivity index (χ4v) is 2.81. The summed E-state index contributed by atoms with van der Waals surface area (Å²) in [6.07, 6.45) is 1.29. The van der Waals surface area contributed by atoms with E-state index in [4.69, 9.17) is 0 Å². The van der Waals surface area contributed by atoms with Gasteiger partial charge in [-0.3, -0.25) is 0 Å². The van der Waals surface area contributed by atoms with Gasteiger partial charge in [0.25, 0.3) is 0 Å². The number of aromatic nitrogens is 1. The van der Waals surface area contributed by atoms with Crippen molar-refractivity contribution in [3.05, 3.63) is 48.0 Å². The number of carbonyl (C=O) groups excluding carboxylic acids is 1. The molecule has 3 rings (SSSR count). The molecule has 1 aromatic heterocycles. The number of amides is 1. The van der Waals surface area contributed by atoms with Crippen molar-refractivity contribution in [2.24, 2.45) is 7.92 Å². The van der Waals surface area contributed by atoms with E-state index in [0.717, 1.165) is 5.69 Å². The van der Waals surface area contributed by atoms with Crippen LogP contribution in [0.1, 0.15) is 10.4 Å². The van der Waals surface area contributed by atoms with Gasteiger partial charge in [-0.15, -0.1) is 0 Å². The summed E-state index contributed by atoms with van der Waals surface area (Å²) in [6, 6.07) is 8.20. The Bertz CT molecular complexity index is 740. The third kappa shape index (κ3) is 2.25. The first-order chi connectivity index (χ1) is 9.25. The van der Waals surface area contributed by atoms with Crippen molar-refractivity contribution in [1.29, 1.82) is 0 Å². The van der Waals surface area contributed by atoms with Crippen LogP contribution in [0.4, 0.5) is 21.5 Å². The van der Waals surface area contributed by atoms with Crippen LogP contribution in [0.25, 0.3) is 0 Å². The van der Waals surface area contributed by atoms with Crippen LogP contribution in [0.2, 0.25) is 0 Å². The second-order valence-corrected chi connectivity index (χ2v) is 4.84. The molecule has 94 valence electrons. The molecule has 1 N–H and O–H groups in total. The molecule has 0 fully saturated rings. The topological polar surface area (TPSA) is 66.7 Å². The minimum absolute atomic E-state index is 0.0967. The number of hydrogen-bond acceptors (Lipinski definition) is 4. The third-order valence-electron chi connectivity index (χ3n) is 2.54. The molecule has 0 unspecified atom stereocenters.